The summed E-state index contributed by atoms with van der Waals surface area (Å²) in [5.41, 5.74) is 1.90. The Kier molecular flexibility index (Phi) is 5.97. The first-order valence-corrected chi connectivity index (χ1v) is 7.76. The normalized spacial score (nSPS) is 10.0. The van der Waals surface area contributed by atoms with Crippen LogP contribution in [0.3, 0.4) is 0 Å². The summed E-state index contributed by atoms with van der Waals surface area (Å²) in [6, 6.07) is 14.1. The Morgan fingerprint density at radius 3 is 2.54 bits per heavy atom. The number of nitrogens with one attached hydrogen (secondary N) is 2. The van der Waals surface area contributed by atoms with Crippen molar-refractivity contribution in [3.8, 4) is 0 Å². The number of hydrogen-bond donors (Lipinski definition) is 2. The molecule has 0 spiro atoms. The number of nitrogens with zero attached hydrogens (tertiary/aromatic N) is 1. The third kappa shape index (κ3) is 4.85. The van der Waals surface area contributed by atoms with E-state index in [4.69, 9.17) is 12.2 Å². The average molecular weight is 343 g/mol. The maximum atomic E-state index is 12.1. The molecule has 0 saturated heterocycles. The highest BCUT2D eigenvalue weighted by Gasteiger charge is 2.14. The minimum atomic E-state index is -0.479. The summed E-state index contributed by atoms with van der Waals surface area (Å²) < 4.78 is 0. The maximum absolute atomic E-state index is 12.1. The third-order valence-corrected chi connectivity index (χ3v) is 3.67. The van der Waals surface area contributed by atoms with Crippen LogP contribution in [0.15, 0.2) is 48.5 Å². The van der Waals surface area contributed by atoms with Gasteiger partial charge in [-0.3, -0.25) is 20.2 Å². The molecule has 0 saturated carbocycles. The first kappa shape index (κ1) is 17.6. The molecule has 0 radical (unpaired) electrons. The monoisotopic (exact) mass is 343 g/mol. The van der Waals surface area contributed by atoms with Crippen molar-refractivity contribution in [2.75, 3.05) is 6.54 Å². The van der Waals surface area contributed by atoms with Gasteiger partial charge in [0.1, 0.15) is 0 Å². The summed E-state index contributed by atoms with van der Waals surface area (Å²) in [4.78, 5) is 22.4. The van der Waals surface area contributed by atoms with E-state index in [0.717, 1.165) is 6.42 Å². The quantitative estimate of drug-likeness (QED) is 0.495. The predicted octanol–water partition coefficient (Wildman–Crippen LogP) is 2.75. The molecule has 0 aliphatic heterocycles. The molecule has 2 aromatic rings. The summed E-state index contributed by atoms with van der Waals surface area (Å²) in [6.07, 6.45) is 0.785. The van der Waals surface area contributed by atoms with Crippen LogP contribution in [0.2, 0.25) is 0 Å². The molecule has 0 aliphatic rings. The molecule has 0 aromatic heterocycles. The molecule has 0 aliphatic carbocycles. The molecule has 1 amide bonds. The second-order valence-corrected chi connectivity index (χ2v) is 5.61. The van der Waals surface area contributed by atoms with E-state index in [0.29, 0.717) is 17.7 Å². The van der Waals surface area contributed by atoms with Gasteiger partial charge in [0.2, 0.25) is 0 Å². The molecule has 0 fully saturated rings. The molecule has 2 aromatic carbocycles. The molecule has 0 atom stereocenters. The van der Waals surface area contributed by atoms with E-state index < -0.39 is 10.8 Å². The molecule has 0 bridgehead atoms. The lowest BCUT2D eigenvalue weighted by Gasteiger charge is -2.10. The van der Waals surface area contributed by atoms with Gasteiger partial charge in [-0.2, -0.15) is 0 Å². The van der Waals surface area contributed by atoms with Crippen LogP contribution in [0, 0.1) is 17.0 Å². The second kappa shape index (κ2) is 8.16. The van der Waals surface area contributed by atoms with Crippen molar-refractivity contribution in [1.29, 1.82) is 0 Å². The van der Waals surface area contributed by atoms with Gasteiger partial charge >= 0.3 is 0 Å². The summed E-state index contributed by atoms with van der Waals surface area (Å²) in [5.74, 6) is -0.398. The van der Waals surface area contributed by atoms with Crippen LogP contribution in [0.1, 0.15) is 21.5 Å². The van der Waals surface area contributed by atoms with Gasteiger partial charge in [-0.1, -0.05) is 30.3 Å². The van der Waals surface area contributed by atoms with Crippen molar-refractivity contribution in [3.63, 3.8) is 0 Å². The minimum absolute atomic E-state index is 0.0184. The fourth-order valence-electron chi connectivity index (χ4n) is 2.19. The smallest absolute Gasteiger partial charge is 0.272 e. The van der Waals surface area contributed by atoms with Crippen LogP contribution in [0.25, 0.3) is 0 Å². The van der Waals surface area contributed by atoms with Crippen molar-refractivity contribution in [2.45, 2.75) is 13.3 Å². The van der Waals surface area contributed by atoms with Gasteiger partial charge in [-0.25, -0.2) is 0 Å². The van der Waals surface area contributed by atoms with Gasteiger partial charge < -0.3 is 5.32 Å². The van der Waals surface area contributed by atoms with Crippen molar-refractivity contribution in [3.05, 3.63) is 75.3 Å². The van der Waals surface area contributed by atoms with Gasteiger partial charge in [-0.05, 0) is 43.3 Å². The Balaban J connectivity index is 1.86. The molecule has 0 heterocycles. The lowest BCUT2D eigenvalue weighted by atomic mass is 10.1. The Bertz CT molecular complexity index is 763. The number of carbonyl (C=O) groups is 1. The largest absolute Gasteiger partial charge is 0.362 e. The number of nitro groups is 1. The first-order chi connectivity index (χ1) is 11.5. The zero-order valence-electron chi connectivity index (χ0n) is 13.1. The van der Waals surface area contributed by atoms with Crippen LogP contribution in [0.5, 0.6) is 0 Å². The third-order valence-electron chi connectivity index (χ3n) is 3.42. The molecule has 2 N–H and O–H groups in total. The van der Waals surface area contributed by atoms with Gasteiger partial charge in [0.05, 0.1) is 4.92 Å². The molecular weight excluding hydrogens is 326 g/mol. The van der Waals surface area contributed by atoms with Gasteiger partial charge in [-0.15, -0.1) is 0 Å². The van der Waals surface area contributed by atoms with Crippen LogP contribution < -0.4 is 10.6 Å². The van der Waals surface area contributed by atoms with Crippen LogP contribution >= 0.6 is 12.2 Å². The van der Waals surface area contributed by atoms with E-state index in [1.165, 1.54) is 23.8 Å². The number of amides is 1. The summed E-state index contributed by atoms with van der Waals surface area (Å²) in [5, 5.41) is 16.6. The van der Waals surface area contributed by atoms with Gasteiger partial charge in [0, 0.05) is 23.7 Å². The molecule has 124 valence electrons. The van der Waals surface area contributed by atoms with E-state index in [1.807, 2.05) is 30.3 Å². The number of hydrogen-bond acceptors (Lipinski definition) is 4. The van der Waals surface area contributed by atoms with E-state index in [1.54, 1.807) is 6.92 Å². The highest BCUT2D eigenvalue weighted by molar-refractivity contribution is 7.80. The number of rotatable bonds is 5. The first-order valence-electron chi connectivity index (χ1n) is 7.35. The zero-order chi connectivity index (χ0) is 17.5. The fraction of sp³-hybridized carbons (Fsp3) is 0.176. The Morgan fingerprint density at radius 1 is 1.21 bits per heavy atom. The van der Waals surface area contributed by atoms with Crippen LogP contribution in [0.4, 0.5) is 5.69 Å². The molecular formula is C17H17N3O3S. The van der Waals surface area contributed by atoms with E-state index >= 15 is 0 Å². The zero-order valence-corrected chi connectivity index (χ0v) is 13.9. The minimum Gasteiger partial charge on any atom is -0.362 e. The Morgan fingerprint density at radius 2 is 1.92 bits per heavy atom. The van der Waals surface area contributed by atoms with Crippen molar-refractivity contribution in [2.24, 2.45) is 0 Å². The second-order valence-electron chi connectivity index (χ2n) is 5.20. The molecule has 6 nitrogen and oxygen atoms in total. The summed E-state index contributed by atoms with van der Waals surface area (Å²) >= 11 is 5.09. The van der Waals surface area contributed by atoms with Crippen LogP contribution in [-0.2, 0) is 6.42 Å². The SMILES string of the molecule is Cc1cc(C(=O)NC(=S)NCCc2ccccc2)ccc1[N+](=O)[O-]. The average Bonchev–Trinajstić information content (AvgIpc) is 2.55. The number of aryl methyl sites for hydroxylation is 1. The van der Waals surface area contributed by atoms with Gasteiger partial charge in [0.15, 0.2) is 5.11 Å². The lowest BCUT2D eigenvalue weighted by Crippen LogP contribution is -2.40. The lowest BCUT2D eigenvalue weighted by molar-refractivity contribution is -0.385. The van der Waals surface area contributed by atoms with E-state index in [2.05, 4.69) is 10.6 Å². The predicted molar refractivity (Wildman–Crippen MR) is 96.0 cm³/mol. The molecule has 0 unspecified atom stereocenters. The standard InChI is InChI=1S/C17H17N3O3S/c1-12-11-14(7-8-15(12)20(22)23)16(21)19-17(24)18-10-9-13-5-3-2-4-6-13/h2-8,11H,9-10H2,1H3,(H2,18,19,21,24). The molecule has 2 rings (SSSR count). The number of nitro benzene ring substituents is 1. The number of benzene rings is 2. The van der Waals surface area contributed by atoms with Crippen LogP contribution in [-0.4, -0.2) is 22.5 Å². The van der Waals surface area contributed by atoms with Crippen molar-refractivity contribution < 1.29 is 9.72 Å². The Hall–Kier alpha value is -2.80. The Labute approximate surface area is 145 Å². The summed E-state index contributed by atoms with van der Waals surface area (Å²) in [7, 11) is 0. The topological polar surface area (TPSA) is 84.3 Å². The van der Waals surface area contributed by atoms with E-state index in [-0.39, 0.29) is 10.8 Å². The highest BCUT2D eigenvalue weighted by atomic mass is 32.1. The number of thiocarbonyl (C=S) groups is 1. The summed E-state index contributed by atoms with van der Waals surface area (Å²) in [6.45, 7) is 2.19. The maximum Gasteiger partial charge on any atom is 0.272 e. The molecule has 7 heteroatoms. The van der Waals surface area contributed by atoms with Crippen molar-refractivity contribution >= 4 is 28.9 Å². The van der Waals surface area contributed by atoms with E-state index in [9.17, 15) is 14.9 Å². The highest BCUT2D eigenvalue weighted by Crippen LogP contribution is 2.18. The fourth-order valence-corrected chi connectivity index (χ4v) is 2.38. The van der Waals surface area contributed by atoms with Gasteiger partial charge in [0.25, 0.3) is 11.6 Å². The van der Waals surface area contributed by atoms with Crippen molar-refractivity contribution in [1.82, 2.24) is 10.6 Å². The molecule has 24 heavy (non-hydrogen) atoms. The number of carbonyl (C=O) groups excluding carboxylic acids is 1.